The van der Waals surface area contributed by atoms with Crippen molar-refractivity contribution in [3.63, 3.8) is 0 Å². The lowest BCUT2D eigenvalue weighted by Gasteiger charge is -2.32. The molecule has 2 atom stereocenters. The van der Waals surface area contributed by atoms with Crippen LogP contribution in [0.2, 0.25) is 5.02 Å². The van der Waals surface area contributed by atoms with E-state index in [1.54, 1.807) is 63.2 Å². The number of anilines is 2. The van der Waals surface area contributed by atoms with Gasteiger partial charge < -0.3 is 25.4 Å². The summed E-state index contributed by atoms with van der Waals surface area (Å²) < 4.78 is 12.0. The quantitative estimate of drug-likeness (QED) is 0.317. The molecule has 0 saturated carbocycles. The van der Waals surface area contributed by atoms with Crippen molar-refractivity contribution < 1.29 is 23.9 Å². The maximum Gasteiger partial charge on any atom is 0.348 e. The van der Waals surface area contributed by atoms with Gasteiger partial charge in [-0.2, -0.15) is 0 Å². The van der Waals surface area contributed by atoms with E-state index < -0.39 is 29.5 Å². The number of ether oxygens (including phenoxy) is 2. The van der Waals surface area contributed by atoms with Gasteiger partial charge in [-0.3, -0.25) is 9.59 Å². The SMILES string of the molecule is Cc1ccc(C(=O)Nc2cccnc2C(=O)Nc2ccc(Cl)cn2)c(OC(C(=O)OC(C)(C)C)C2CCCNC2)c1. The summed E-state index contributed by atoms with van der Waals surface area (Å²) in [5.41, 5.74) is 0.523. The molecule has 10 nitrogen and oxygen atoms in total. The van der Waals surface area contributed by atoms with E-state index in [0.29, 0.717) is 11.6 Å². The molecule has 0 radical (unpaired) electrons. The van der Waals surface area contributed by atoms with Crippen LogP contribution in [0.25, 0.3) is 0 Å². The third kappa shape index (κ3) is 8.25. The van der Waals surface area contributed by atoms with Gasteiger partial charge >= 0.3 is 5.97 Å². The molecule has 0 spiro atoms. The molecular weight excluding hydrogens is 546 g/mol. The first-order valence-corrected chi connectivity index (χ1v) is 13.8. The number of carbonyl (C=O) groups excluding carboxylic acids is 3. The molecule has 2 amide bonds. The van der Waals surface area contributed by atoms with E-state index in [1.807, 2.05) is 6.92 Å². The predicted molar refractivity (Wildman–Crippen MR) is 156 cm³/mol. The molecule has 3 heterocycles. The Balaban J connectivity index is 1.59. The zero-order chi connectivity index (χ0) is 29.6. The Kier molecular flexibility index (Phi) is 9.57. The Morgan fingerprint density at radius 1 is 1.07 bits per heavy atom. The molecule has 1 aliphatic rings. The van der Waals surface area contributed by atoms with E-state index >= 15 is 0 Å². The molecule has 4 rings (SSSR count). The van der Waals surface area contributed by atoms with Crippen LogP contribution in [0.4, 0.5) is 11.5 Å². The van der Waals surface area contributed by atoms with Gasteiger partial charge in [-0.1, -0.05) is 17.7 Å². The van der Waals surface area contributed by atoms with Crippen LogP contribution in [0.15, 0.2) is 54.9 Å². The third-order valence-electron chi connectivity index (χ3n) is 6.28. The van der Waals surface area contributed by atoms with Crippen molar-refractivity contribution >= 4 is 40.9 Å². The van der Waals surface area contributed by atoms with Crippen molar-refractivity contribution in [1.82, 2.24) is 15.3 Å². The second kappa shape index (κ2) is 13.1. The van der Waals surface area contributed by atoms with Crippen molar-refractivity contribution in [1.29, 1.82) is 0 Å². The number of benzene rings is 1. The van der Waals surface area contributed by atoms with Crippen LogP contribution in [-0.4, -0.2) is 52.5 Å². The average Bonchev–Trinajstić information content (AvgIpc) is 2.92. The van der Waals surface area contributed by atoms with Gasteiger partial charge in [0.15, 0.2) is 11.8 Å². The fourth-order valence-corrected chi connectivity index (χ4v) is 4.50. The number of hydrogen-bond acceptors (Lipinski definition) is 8. The lowest BCUT2D eigenvalue weighted by molar-refractivity contribution is -0.166. The molecule has 0 bridgehead atoms. The number of nitrogens with one attached hydrogen (secondary N) is 3. The largest absolute Gasteiger partial charge is 0.478 e. The van der Waals surface area contributed by atoms with Crippen LogP contribution in [0.3, 0.4) is 0 Å². The third-order valence-corrected chi connectivity index (χ3v) is 6.50. The number of hydrogen-bond donors (Lipinski definition) is 3. The first-order chi connectivity index (χ1) is 19.5. The lowest BCUT2D eigenvalue weighted by atomic mass is 9.93. The molecule has 216 valence electrons. The van der Waals surface area contributed by atoms with Crippen LogP contribution >= 0.6 is 11.6 Å². The highest BCUT2D eigenvalue weighted by Gasteiger charge is 2.36. The minimum Gasteiger partial charge on any atom is -0.478 e. The van der Waals surface area contributed by atoms with Gasteiger partial charge in [-0.15, -0.1) is 0 Å². The topological polar surface area (TPSA) is 132 Å². The summed E-state index contributed by atoms with van der Waals surface area (Å²) in [5, 5.41) is 9.16. The highest BCUT2D eigenvalue weighted by Crippen LogP contribution is 2.28. The van der Waals surface area contributed by atoms with E-state index in [2.05, 4.69) is 25.9 Å². The molecule has 11 heteroatoms. The van der Waals surface area contributed by atoms with Crippen molar-refractivity contribution in [2.24, 2.45) is 5.92 Å². The van der Waals surface area contributed by atoms with Crippen molar-refractivity contribution in [3.8, 4) is 5.75 Å². The molecule has 1 aliphatic heterocycles. The second-order valence-electron chi connectivity index (χ2n) is 10.8. The van der Waals surface area contributed by atoms with Crippen LogP contribution in [0.1, 0.15) is 60.0 Å². The molecule has 1 saturated heterocycles. The molecule has 0 aliphatic carbocycles. The summed E-state index contributed by atoms with van der Waals surface area (Å²) in [7, 11) is 0. The number of piperidine rings is 1. The first-order valence-electron chi connectivity index (χ1n) is 13.4. The number of pyridine rings is 2. The van der Waals surface area contributed by atoms with Gasteiger partial charge in [0.2, 0.25) is 0 Å². The zero-order valence-corrected chi connectivity index (χ0v) is 24.2. The minimum atomic E-state index is -0.915. The molecule has 3 N–H and O–H groups in total. The van der Waals surface area contributed by atoms with E-state index in [0.717, 1.165) is 24.9 Å². The summed E-state index contributed by atoms with van der Waals surface area (Å²) in [4.78, 5) is 48.0. The number of carbonyl (C=O) groups is 3. The fourth-order valence-electron chi connectivity index (χ4n) is 4.39. The van der Waals surface area contributed by atoms with E-state index in [9.17, 15) is 14.4 Å². The highest BCUT2D eigenvalue weighted by molar-refractivity contribution is 6.30. The Morgan fingerprint density at radius 2 is 1.88 bits per heavy atom. The number of nitrogens with zero attached hydrogens (tertiary/aromatic N) is 2. The van der Waals surface area contributed by atoms with E-state index in [-0.39, 0.29) is 34.4 Å². The predicted octanol–water partition coefficient (Wildman–Crippen LogP) is 5.03. The fraction of sp³-hybridized carbons (Fsp3) is 0.367. The molecule has 3 aromatic rings. The van der Waals surface area contributed by atoms with Gasteiger partial charge in [0.1, 0.15) is 17.2 Å². The number of esters is 1. The normalized spacial score (nSPS) is 15.9. The van der Waals surface area contributed by atoms with Crippen LogP contribution in [0, 0.1) is 12.8 Å². The Bertz CT molecular complexity index is 1400. The monoisotopic (exact) mass is 579 g/mol. The molecule has 41 heavy (non-hydrogen) atoms. The summed E-state index contributed by atoms with van der Waals surface area (Å²) in [6.45, 7) is 8.73. The Morgan fingerprint density at radius 3 is 2.56 bits per heavy atom. The maximum atomic E-state index is 13.6. The number of amides is 2. The summed E-state index contributed by atoms with van der Waals surface area (Å²) >= 11 is 5.88. The number of rotatable bonds is 8. The minimum absolute atomic E-state index is 0.00732. The van der Waals surface area contributed by atoms with Crippen LogP contribution < -0.4 is 20.7 Å². The number of halogens is 1. The molecule has 2 unspecified atom stereocenters. The van der Waals surface area contributed by atoms with Crippen LogP contribution in [-0.2, 0) is 9.53 Å². The molecule has 1 aromatic carbocycles. The van der Waals surface area contributed by atoms with Gasteiger partial charge in [0.05, 0.1) is 16.3 Å². The highest BCUT2D eigenvalue weighted by atomic mass is 35.5. The summed E-state index contributed by atoms with van der Waals surface area (Å²) in [6.07, 6.45) is 3.61. The molecule has 1 fully saturated rings. The van der Waals surface area contributed by atoms with Crippen molar-refractivity contribution in [3.05, 3.63) is 76.7 Å². The average molecular weight is 580 g/mol. The van der Waals surface area contributed by atoms with Gasteiger partial charge in [0.25, 0.3) is 11.8 Å². The Labute approximate surface area is 244 Å². The molecule has 2 aromatic heterocycles. The summed E-state index contributed by atoms with van der Waals surface area (Å²) in [6, 6.07) is 11.4. The van der Waals surface area contributed by atoms with E-state index in [1.165, 1.54) is 12.4 Å². The number of aromatic nitrogens is 2. The molecular formula is C30H34ClN5O5. The van der Waals surface area contributed by atoms with Crippen molar-refractivity contribution in [2.45, 2.75) is 52.2 Å². The van der Waals surface area contributed by atoms with Gasteiger partial charge in [0, 0.05) is 24.9 Å². The number of aryl methyl sites for hydroxylation is 1. The zero-order valence-electron chi connectivity index (χ0n) is 23.5. The summed E-state index contributed by atoms with van der Waals surface area (Å²) in [5.74, 6) is -1.19. The lowest BCUT2D eigenvalue weighted by Crippen LogP contribution is -2.46. The van der Waals surface area contributed by atoms with Gasteiger partial charge in [-0.25, -0.2) is 14.8 Å². The van der Waals surface area contributed by atoms with Gasteiger partial charge in [-0.05, 0) is 89.0 Å². The first kappa shape index (κ1) is 30.0. The Hall–Kier alpha value is -4.02. The van der Waals surface area contributed by atoms with Crippen LogP contribution in [0.5, 0.6) is 5.75 Å². The smallest absolute Gasteiger partial charge is 0.348 e. The van der Waals surface area contributed by atoms with Crippen molar-refractivity contribution in [2.75, 3.05) is 23.7 Å². The second-order valence-corrected chi connectivity index (χ2v) is 11.3. The van der Waals surface area contributed by atoms with E-state index in [4.69, 9.17) is 21.1 Å². The standard InChI is InChI=1S/C30H34ClN5O5/c1-18-9-11-21(23(15-18)40-26(19-7-5-13-32-16-19)29(39)41-30(2,3)4)27(37)35-22-8-6-14-33-25(22)28(38)36-24-12-10-20(31)17-34-24/h6,8-12,14-15,17,19,26,32H,5,7,13,16H2,1-4H3,(H,35,37)(H,34,36,38). The maximum absolute atomic E-state index is 13.6.